The van der Waals surface area contributed by atoms with Crippen molar-refractivity contribution in [1.29, 1.82) is 0 Å². The number of anilines is 1. The second-order valence-electron chi connectivity index (χ2n) is 4.68. The molecule has 2 rings (SSSR count). The van der Waals surface area contributed by atoms with Crippen molar-refractivity contribution in [3.05, 3.63) is 54.1 Å². The van der Waals surface area contributed by atoms with Crippen LogP contribution in [0.15, 0.2) is 42.5 Å². The average Bonchev–Trinajstić information content (AvgIpc) is 2.52. The average molecular weight is 321 g/mol. The Morgan fingerprint density at radius 2 is 1.70 bits per heavy atom. The first-order chi connectivity index (χ1) is 11.1. The first-order valence-electron chi connectivity index (χ1n) is 7.19. The molecule has 0 aliphatic carbocycles. The van der Waals surface area contributed by atoms with Crippen molar-refractivity contribution in [2.75, 3.05) is 18.5 Å². The van der Waals surface area contributed by atoms with Gasteiger partial charge in [-0.1, -0.05) is 0 Å². The third-order valence-electron chi connectivity index (χ3n) is 2.94. The number of carbonyl (C=O) groups is 1. The van der Waals surface area contributed by atoms with E-state index in [-0.39, 0.29) is 18.7 Å². The number of amides is 1. The van der Waals surface area contributed by atoms with E-state index in [0.717, 1.165) is 11.8 Å². The van der Waals surface area contributed by atoms with Gasteiger partial charge in [-0.3, -0.25) is 4.79 Å². The molecule has 1 N–H and O–H groups in total. The minimum Gasteiger partial charge on any atom is -0.494 e. The molecule has 23 heavy (non-hydrogen) atoms. The van der Waals surface area contributed by atoms with Crippen molar-refractivity contribution < 1.29 is 23.0 Å². The Bertz CT molecular complexity index is 659. The summed E-state index contributed by atoms with van der Waals surface area (Å²) < 4.78 is 36.9. The molecule has 0 bridgehead atoms. The molecule has 0 aromatic heterocycles. The van der Waals surface area contributed by atoms with Gasteiger partial charge in [0.25, 0.3) is 0 Å². The van der Waals surface area contributed by atoms with Gasteiger partial charge in [-0.05, 0) is 43.3 Å². The predicted octanol–water partition coefficient (Wildman–Crippen LogP) is 3.77. The summed E-state index contributed by atoms with van der Waals surface area (Å²) in [5.74, 6) is -0.579. The first-order valence-corrected chi connectivity index (χ1v) is 7.19. The normalized spacial score (nSPS) is 10.2. The second kappa shape index (κ2) is 8.12. The maximum absolute atomic E-state index is 13.4. The summed E-state index contributed by atoms with van der Waals surface area (Å²) in [5.41, 5.74) is -0.0579. The van der Waals surface area contributed by atoms with Crippen molar-refractivity contribution in [2.24, 2.45) is 0 Å². The van der Waals surface area contributed by atoms with E-state index in [1.165, 1.54) is 6.07 Å². The van der Waals surface area contributed by atoms with E-state index in [1.807, 2.05) is 6.92 Å². The Morgan fingerprint density at radius 1 is 1.04 bits per heavy atom. The molecule has 122 valence electrons. The molecular formula is C17H17F2NO3. The number of hydrogen-bond acceptors (Lipinski definition) is 3. The molecule has 0 radical (unpaired) electrons. The lowest BCUT2D eigenvalue weighted by Crippen LogP contribution is -2.16. The highest BCUT2D eigenvalue weighted by Crippen LogP contribution is 2.18. The number of carbonyl (C=O) groups excluding carboxylic acids is 1. The molecule has 2 aromatic rings. The van der Waals surface area contributed by atoms with Crippen LogP contribution in [0.3, 0.4) is 0 Å². The molecule has 0 fully saturated rings. The van der Waals surface area contributed by atoms with E-state index in [4.69, 9.17) is 9.47 Å². The van der Waals surface area contributed by atoms with Crippen molar-refractivity contribution in [3.8, 4) is 11.5 Å². The van der Waals surface area contributed by atoms with Crippen LogP contribution in [0.25, 0.3) is 0 Å². The van der Waals surface area contributed by atoms with E-state index in [2.05, 4.69) is 5.32 Å². The maximum atomic E-state index is 13.4. The second-order valence-corrected chi connectivity index (χ2v) is 4.68. The van der Waals surface area contributed by atoms with E-state index in [1.54, 1.807) is 24.3 Å². The highest BCUT2D eigenvalue weighted by Gasteiger charge is 2.08. The number of benzene rings is 2. The SMILES string of the molecule is CCOc1ccc(OCCC(=O)Nc2ccc(F)cc2F)cc1. The van der Waals surface area contributed by atoms with Crippen molar-refractivity contribution in [2.45, 2.75) is 13.3 Å². The Morgan fingerprint density at radius 3 is 2.30 bits per heavy atom. The molecule has 0 saturated heterocycles. The zero-order valence-corrected chi connectivity index (χ0v) is 12.6. The summed E-state index contributed by atoms with van der Waals surface area (Å²) in [4.78, 5) is 11.7. The zero-order valence-electron chi connectivity index (χ0n) is 12.6. The van der Waals surface area contributed by atoms with Gasteiger partial charge in [-0.25, -0.2) is 8.78 Å². The molecule has 2 aromatic carbocycles. The monoisotopic (exact) mass is 321 g/mol. The van der Waals surface area contributed by atoms with Crippen LogP contribution >= 0.6 is 0 Å². The fourth-order valence-corrected chi connectivity index (χ4v) is 1.86. The van der Waals surface area contributed by atoms with Gasteiger partial charge in [0.2, 0.25) is 5.91 Å². The molecule has 0 saturated carbocycles. The quantitative estimate of drug-likeness (QED) is 0.844. The van der Waals surface area contributed by atoms with Gasteiger partial charge in [0.1, 0.15) is 23.1 Å². The van der Waals surface area contributed by atoms with E-state index in [9.17, 15) is 13.6 Å². The minimum absolute atomic E-state index is 0.0457. The molecule has 1 amide bonds. The third kappa shape index (κ3) is 5.25. The van der Waals surface area contributed by atoms with Gasteiger partial charge in [0, 0.05) is 6.07 Å². The van der Waals surface area contributed by atoms with Crippen molar-refractivity contribution in [1.82, 2.24) is 0 Å². The van der Waals surface area contributed by atoms with Gasteiger partial charge in [0.05, 0.1) is 25.3 Å². The summed E-state index contributed by atoms with van der Waals surface area (Å²) in [6.45, 7) is 2.62. The molecule has 0 aliphatic rings. The zero-order chi connectivity index (χ0) is 16.7. The number of hydrogen-bond donors (Lipinski definition) is 1. The van der Waals surface area contributed by atoms with Gasteiger partial charge in [-0.2, -0.15) is 0 Å². The number of halogens is 2. The summed E-state index contributed by atoms with van der Waals surface area (Å²) >= 11 is 0. The molecule has 0 heterocycles. The lowest BCUT2D eigenvalue weighted by molar-refractivity contribution is -0.116. The Labute approximate surface area is 133 Å². The minimum atomic E-state index is -0.814. The molecule has 6 heteroatoms. The lowest BCUT2D eigenvalue weighted by Gasteiger charge is -2.09. The lowest BCUT2D eigenvalue weighted by atomic mass is 10.3. The van der Waals surface area contributed by atoms with Crippen LogP contribution in [0.1, 0.15) is 13.3 Å². The van der Waals surface area contributed by atoms with E-state index < -0.39 is 17.5 Å². The van der Waals surface area contributed by atoms with Crippen LogP contribution < -0.4 is 14.8 Å². The topological polar surface area (TPSA) is 47.6 Å². The van der Waals surface area contributed by atoms with Gasteiger partial charge in [0.15, 0.2) is 0 Å². The van der Waals surface area contributed by atoms with Gasteiger partial charge in [-0.15, -0.1) is 0 Å². The third-order valence-corrected chi connectivity index (χ3v) is 2.94. The molecule has 0 aliphatic heterocycles. The van der Waals surface area contributed by atoms with Crippen molar-refractivity contribution in [3.63, 3.8) is 0 Å². The number of nitrogens with one attached hydrogen (secondary N) is 1. The van der Waals surface area contributed by atoms with Crippen LogP contribution in [0.4, 0.5) is 14.5 Å². The maximum Gasteiger partial charge on any atom is 0.227 e. The fourth-order valence-electron chi connectivity index (χ4n) is 1.86. The van der Waals surface area contributed by atoms with Crippen LogP contribution in [-0.2, 0) is 4.79 Å². The predicted molar refractivity (Wildman–Crippen MR) is 82.7 cm³/mol. The molecule has 4 nitrogen and oxygen atoms in total. The molecular weight excluding hydrogens is 304 g/mol. The van der Waals surface area contributed by atoms with E-state index >= 15 is 0 Å². The standard InChI is InChI=1S/C17H17F2NO3/c1-2-22-13-4-6-14(7-5-13)23-10-9-17(21)20-16-8-3-12(18)11-15(16)19/h3-8,11H,2,9-10H2,1H3,(H,20,21). The Hall–Kier alpha value is -2.63. The van der Waals surface area contributed by atoms with Gasteiger partial charge < -0.3 is 14.8 Å². The summed E-state index contributed by atoms with van der Waals surface area (Å²) in [6, 6.07) is 9.99. The van der Waals surface area contributed by atoms with Crippen molar-refractivity contribution >= 4 is 11.6 Å². The van der Waals surface area contributed by atoms with Crippen LogP contribution in [0, 0.1) is 11.6 Å². The molecule has 0 unspecified atom stereocenters. The fraction of sp³-hybridized carbons (Fsp3) is 0.235. The summed E-state index contributed by atoms with van der Waals surface area (Å²) in [6.07, 6.45) is 0.0457. The largest absolute Gasteiger partial charge is 0.494 e. The summed E-state index contributed by atoms with van der Waals surface area (Å²) in [7, 11) is 0. The van der Waals surface area contributed by atoms with E-state index in [0.29, 0.717) is 18.4 Å². The summed E-state index contributed by atoms with van der Waals surface area (Å²) in [5, 5.41) is 2.37. The first kappa shape index (κ1) is 16.7. The number of ether oxygens (including phenoxy) is 2. The highest BCUT2D eigenvalue weighted by atomic mass is 19.1. The van der Waals surface area contributed by atoms with Crippen LogP contribution in [0.2, 0.25) is 0 Å². The van der Waals surface area contributed by atoms with Gasteiger partial charge >= 0.3 is 0 Å². The number of rotatable bonds is 7. The highest BCUT2D eigenvalue weighted by molar-refractivity contribution is 5.90. The Kier molecular flexibility index (Phi) is 5.91. The Balaban J connectivity index is 1.78. The molecule has 0 atom stereocenters. The van der Waals surface area contributed by atoms with Crippen LogP contribution in [-0.4, -0.2) is 19.1 Å². The smallest absolute Gasteiger partial charge is 0.227 e. The molecule has 0 spiro atoms. The van der Waals surface area contributed by atoms with Crippen LogP contribution in [0.5, 0.6) is 11.5 Å².